The average molecular weight is 325 g/mol. The van der Waals surface area contributed by atoms with Crippen molar-refractivity contribution in [2.24, 2.45) is 5.41 Å². The molecular weight excluding hydrogens is 302 g/mol. The molecule has 1 N–H and O–H groups in total. The van der Waals surface area contributed by atoms with Crippen LogP contribution in [0.15, 0.2) is 34.7 Å². The van der Waals surface area contributed by atoms with Crippen molar-refractivity contribution in [1.82, 2.24) is 15.5 Å². The Morgan fingerprint density at radius 2 is 1.88 bits per heavy atom. The summed E-state index contributed by atoms with van der Waals surface area (Å²) in [5, 5.41) is 11.0. The quantitative estimate of drug-likeness (QED) is 0.917. The van der Waals surface area contributed by atoms with Crippen LogP contribution in [0.25, 0.3) is 0 Å². The standard InChI is InChI=1S/C19H23N3O2/c1-2-15-21-22-16(24-15)12-20-17(23)19(14-8-4-3-5-9-14)13-18(19)10-6-7-11-18/h3-5,8-9H,2,6-7,10-13H2,1H3,(H,20,23). The molecule has 24 heavy (non-hydrogen) atoms. The number of benzene rings is 1. The largest absolute Gasteiger partial charge is 0.423 e. The van der Waals surface area contributed by atoms with Crippen LogP contribution in [0.4, 0.5) is 0 Å². The summed E-state index contributed by atoms with van der Waals surface area (Å²) in [6.07, 6.45) is 6.42. The monoisotopic (exact) mass is 325 g/mol. The lowest BCUT2D eigenvalue weighted by Crippen LogP contribution is -2.38. The molecular formula is C19H23N3O2. The maximum atomic E-state index is 13.1. The summed E-state index contributed by atoms with van der Waals surface area (Å²) in [7, 11) is 0. The summed E-state index contributed by atoms with van der Waals surface area (Å²) in [6, 6.07) is 10.2. The fourth-order valence-electron chi connectivity index (χ4n) is 4.51. The van der Waals surface area contributed by atoms with E-state index in [9.17, 15) is 4.79 Å². The second kappa shape index (κ2) is 5.72. The van der Waals surface area contributed by atoms with E-state index >= 15 is 0 Å². The van der Waals surface area contributed by atoms with E-state index in [1.165, 1.54) is 12.8 Å². The predicted octanol–water partition coefficient (Wildman–Crippen LogP) is 3.15. The molecule has 1 atom stereocenters. The fraction of sp³-hybridized carbons (Fsp3) is 0.526. The van der Waals surface area contributed by atoms with Gasteiger partial charge in [-0.05, 0) is 30.2 Å². The van der Waals surface area contributed by atoms with Gasteiger partial charge in [0.15, 0.2) is 0 Å². The van der Waals surface area contributed by atoms with Gasteiger partial charge in [-0.2, -0.15) is 0 Å². The molecule has 0 radical (unpaired) electrons. The first kappa shape index (κ1) is 15.4. The van der Waals surface area contributed by atoms with Crippen LogP contribution < -0.4 is 5.32 Å². The first-order valence-electron chi connectivity index (χ1n) is 8.85. The number of nitrogens with one attached hydrogen (secondary N) is 1. The van der Waals surface area contributed by atoms with E-state index in [-0.39, 0.29) is 16.7 Å². The van der Waals surface area contributed by atoms with Crippen LogP contribution in [0, 0.1) is 5.41 Å². The maximum Gasteiger partial charge on any atom is 0.235 e. The number of carbonyl (C=O) groups excluding carboxylic acids is 1. The van der Waals surface area contributed by atoms with Crippen LogP contribution in [0.1, 0.15) is 56.4 Å². The minimum absolute atomic E-state index is 0.104. The molecule has 5 heteroatoms. The average Bonchev–Trinajstić information content (AvgIpc) is 2.96. The van der Waals surface area contributed by atoms with E-state index < -0.39 is 0 Å². The van der Waals surface area contributed by atoms with Crippen molar-refractivity contribution >= 4 is 5.91 Å². The molecule has 0 aliphatic heterocycles. The molecule has 5 nitrogen and oxygen atoms in total. The molecule has 1 aromatic heterocycles. The second-order valence-corrected chi connectivity index (χ2v) is 7.06. The van der Waals surface area contributed by atoms with E-state index in [0.29, 0.717) is 24.7 Å². The van der Waals surface area contributed by atoms with Crippen molar-refractivity contribution in [3.05, 3.63) is 47.7 Å². The lowest BCUT2D eigenvalue weighted by Gasteiger charge is -2.22. The van der Waals surface area contributed by atoms with Gasteiger partial charge < -0.3 is 9.73 Å². The smallest absolute Gasteiger partial charge is 0.235 e. The summed E-state index contributed by atoms with van der Waals surface area (Å²) < 4.78 is 5.50. The third kappa shape index (κ3) is 2.26. The van der Waals surface area contributed by atoms with E-state index in [1.54, 1.807) is 0 Å². The van der Waals surface area contributed by atoms with E-state index in [4.69, 9.17) is 4.42 Å². The minimum Gasteiger partial charge on any atom is -0.423 e. The molecule has 4 rings (SSSR count). The summed E-state index contributed by atoms with van der Waals surface area (Å²) >= 11 is 0. The molecule has 1 amide bonds. The molecule has 0 saturated heterocycles. The zero-order chi connectivity index (χ0) is 16.6. The Kier molecular flexibility index (Phi) is 3.66. The molecule has 1 aromatic carbocycles. The Balaban J connectivity index is 1.55. The molecule has 1 spiro atoms. The van der Waals surface area contributed by atoms with Crippen LogP contribution >= 0.6 is 0 Å². The van der Waals surface area contributed by atoms with Crippen LogP contribution in [-0.4, -0.2) is 16.1 Å². The number of aryl methyl sites for hydroxylation is 1. The van der Waals surface area contributed by atoms with Gasteiger partial charge in [-0.15, -0.1) is 10.2 Å². The van der Waals surface area contributed by atoms with Crippen LogP contribution in [0.5, 0.6) is 0 Å². The van der Waals surface area contributed by atoms with Crippen molar-refractivity contribution in [2.75, 3.05) is 0 Å². The first-order valence-corrected chi connectivity index (χ1v) is 8.85. The van der Waals surface area contributed by atoms with Crippen LogP contribution in [0.3, 0.4) is 0 Å². The molecule has 2 saturated carbocycles. The summed E-state index contributed by atoms with van der Waals surface area (Å²) in [4.78, 5) is 13.1. The van der Waals surface area contributed by atoms with E-state index in [0.717, 1.165) is 24.8 Å². The topological polar surface area (TPSA) is 68.0 Å². The van der Waals surface area contributed by atoms with Gasteiger partial charge in [-0.3, -0.25) is 4.79 Å². The summed E-state index contributed by atoms with van der Waals surface area (Å²) in [5.41, 5.74) is 0.921. The highest BCUT2D eigenvalue weighted by Crippen LogP contribution is 2.72. The minimum atomic E-state index is -0.377. The van der Waals surface area contributed by atoms with Crippen LogP contribution in [-0.2, 0) is 23.2 Å². The van der Waals surface area contributed by atoms with E-state index in [1.807, 2.05) is 25.1 Å². The third-order valence-electron chi connectivity index (χ3n) is 5.81. The Morgan fingerprint density at radius 1 is 1.17 bits per heavy atom. The highest BCUT2D eigenvalue weighted by Gasteiger charge is 2.72. The second-order valence-electron chi connectivity index (χ2n) is 7.06. The van der Waals surface area contributed by atoms with Gasteiger partial charge in [0.05, 0.1) is 12.0 Å². The molecule has 2 fully saturated rings. The van der Waals surface area contributed by atoms with Crippen molar-refractivity contribution < 1.29 is 9.21 Å². The number of aromatic nitrogens is 2. The maximum absolute atomic E-state index is 13.1. The number of hydrogen-bond acceptors (Lipinski definition) is 4. The predicted molar refractivity (Wildman–Crippen MR) is 89.2 cm³/mol. The third-order valence-corrected chi connectivity index (χ3v) is 5.81. The Hall–Kier alpha value is -2.17. The number of nitrogens with zero attached hydrogens (tertiary/aromatic N) is 2. The Labute approximate surface area is 141 Å². The van der Waals surface area contributed by atoms with Gasteiger partial charge >= 0.3 is 0 Å². The van der Waals surface area contributed by atoms with Crippen LogP contribution in [0.2, 0.25) is 0 Å². The molecule has 1 heterocycles. The van der Waals surface area contributed by atoms with Gasteiger partial charge in [-0.25, -0.2) is 0 Å². The number of hydrogen-bond donors (Lipinski definition) is 1. The fourth-order valence-corrected chi connectivity index (χ4v) is 4.51. The van der Waals surface area contributed by atoms with Gasteiger partial charge in [0.1, 0.15) is 0 Å². The highest BCUT2D eigenvalue weighted by molar-refractivity contribution is 5.93. The van der Waals surface area contributed by atoms with Gasteiger partial charge in [-0.1, -0.05) is 50.1 Å². The highest BCUT2D eigenvalue weighted by atomic mass is 16.4. The lowest BCUT2D eigenvalue weighted by molar-refractivity contribution is -0.124. The van der Waals surface area contributed by atoms with E-state index in [2.05, 4.69) is 27.6 Å². The lowest BCUT2D eigenvalue weighted by atomic mass is 9.84. The summed E-state index contributed by atoms with van der Waals surface area (Å²) in [5.74, 6) is 1.19. The van der Waals surface area contributed by atoms with Crippen molar-refractivity contribution in [2.45, 2.75) is 57.4 Å². The molecule has 2 aliphatic rings. The zero-order valence-electron chi connectivity index (χ0n) is 14.0. The zero-order valence-corrected chi connectivity index (χ0v) is 14.0. The normalized spacial score (nSPS) is 24.2. The SMILES string of the molecule is CCc1nnc(CNC(=O)C2(c3ccccc3)CC23CCCC3)o1. The van der Waals surface area contributed by atoms with Crippen molar-refractivity contribution in [1.29, 1.82) is 0 Å². The molecule has 126 valence electrons. The van der Waals surface area contributed by atoms with Crippen molar-refractivity contribution in [3.8, 4) is 0 Å². The Morgan fingerprint density at radius 3 is 2.54 bits per heavy atom. The number of amides is 1. The number of carbonyl (C=O) groups is 1. The molecule has 2 aromatic rings. The number of rotatable bonds is 5. The Bertz CT molecular complexity index is 734. The van der Waals surface area contributed by atoms with Crippen molar-refractivity contribution in [3.63, 3.8) is 0 Å². The summed E-state index contributed by atoms with van der Waals surface area (Å²) in [6.45, 7) is 2.27. The molecule has 1 unspecified atom stereocenters. The van der Waals surface area contributed by atoms with Gasteiger partial charge in [0.2, 0.25) is 17.7 Å². The van der Waals surface area contributed by atoms with Gasteiger partial charge in [0, 0.05) is 6.42 Å². The van der Waals surface area contributed by atoms with Gasteiger partial charge in [0.25, 0.3) is 0 Å². The molecule has 2 aliphatic carbocycles. The first-order chi connectivity index (χ1) is 11.7. The molecule has 0 bridgehead atoms.